The largest absolute Gasteiger partial charge is 0.480 e. The van der Waals surface area contributed by atoms with E-state index in [1.807, 2.05) is 0 Å². The van der Waals surface area contributed by atoms with Crippen molar-refractivity contribution in [3.63, 3.8) is 0 Å². The van der Waals surface area contributed by atoms with E-state index in [1.54, 1.807) is 26.0 Å². The number of amides is 2. The van der Waals surface area contributed by atoms with E-state index < -0.39 is 23.8 Å². The second-order valence-corrected chi connectivity index (χ2v) is 4.55. The van der Waals surface area contributed by atoms with Crippen LogP contribution in [0.1, 0.15) is 24.2 Å². The van der Waals surface area contributed by atoms with Gasteiger partial charge in [0.15, 0.2) is 0 Å². The second-order valence-electron chi connectivity index (χ2n) is 4.55. The van der Waals surface area contributed by atoms with Gasteiger partial charge in [-0.3, -0.25) is 14.6 Å². The van der Waals surface area contributed by atoms with Crippen molar-refractivity contribution in [3.05, 3.63) is 30.1 Å². The maximum atomic E-state index is 11.7. The zero-order chi connectivity index (χ0) is 15.1. The predicted molar refractivity (Wildman–Crippen MR) is 71.0 cm³/mol. The molecule has 0 aromatic carbocycles. The molecule has 0 radical (unpaired) electrons. The number of nitrogens with one attached hydrogen (secondary N) is 2. The molecule has 7 nitrogen and oxygen atoms in total. The van der Waals surface area contributed by atoms with Gasteiger partial charge in [0.25, 0.3) is 5.91 Å². The van der Waals surface area contributed by atoms with Gasteiger partial charge >= 0.3 is 5.97 Å². The molecular formula is C13H17N3O4. The summed E-state index contributed by atoms with van der Waals surface area (Å²) in [6.45, 7) is 3.09. The van der Waals surface area contributed by atoms with Crippen LogP contribution in [0, 0.1) is 5.92 Å². The highest BCUT2D eigenvalue weighted by Gasteiger charge is 2.23. The summed E-state index contributed by atoms with van der Waals surface area (Å²) in [7, 11) is 0. The fourth-order valence-corrected chi connectivity index (χ4v) is 1.50. The third-order valence-electron chi connectivity index (χ3n) is 2.58. The van der Waals surface area contributed by atoms with Crippen molar-refractivity contribution in [2.75, 3.05) is 6.54 Å². The molecule has 7 heteroatoms. The molecule has 0 saturated carbocycles. The first-order chi connectivity index (χ1) is 9.41. The normalized spacial score (nSPS) is 11.8. The molecule has 0 aliphatic rings. The minimum Gasteiger partial charge on any atom is -0.480 e. The quantitative estimate of drug-likeness (QED) is 0.681. The predicted octanol–water partition coefficient (Wildman–Crippen LogP) is 0.0368. The van der Waals surface area contributed by atoms with Crippen LogP contribution in [0.25, 0.3) is 0 Å². The number of rotatable bonds is 6. The third kappa shape index (κ3) is 4.68. The molecule has 2 amide bonds. The van der Waals surface area contributed by atoms with Gasteiger partial charge in [-0.15, -0.1) is 0 Å². The zero-order valence-corrected chi connectivity index (χ0v) is 11.3. The summed E-state index contributed by atoms with van der Waals surface area (Å²) in [5.74, 6) is -2.34. The Bertz CT molecular complexity index is 488. The van der Waals surface area contributed by atoms with Crippen LogP contribution in [0.15, 0.2) is 24.5 Å². The van der Waals surface area contributed by atoms with Crippen molar-refractivity contribution in [1.82, 2.24) is 15.6 Å². The summed E-state index contributed by atoms with van der Waals surface area (Å²) in [5, 5.41) is 13.7. The fraction of sp³-hybridized carbons (Fsp3) is 0.385. The van der Waals surface area contributed by atoms with Crippen LogP contribution in [0.3, 0.4) is 0 Å². The van der Waals surface area contributed by atoms with Crippen LogP contribution < -0.4 is 10.6 Å². The van der Waals surface area contributed by atoms with E-state index >= 15 is 0 Å². The number of hydrogen-bond donors (Lipinski definition) is 3. The number of carbonyl (C=O) groups excluding carboxylic acids is 2. The number of hydrogen-bond acceptors (Lipinski definition) is 4. The van der Waals surface area contributed by atoms with E-state index in [4.69, 9.17) is 5.11 Å². The maximum absolute atomic E-state index is 11.7. The summed E-state index contributed by atoms with van der Waals surface area (Å²) >= 11 is 0. The van der Waals surface area contributed by atoms with Gasteiger partial charge in [0.2, 0.25) is 5.91 Å². The lowest BCUT2D eigenvalue weighted by Crippen LogP contribution is -2.48. The standard InChI is InChI=1S/C13H17N3O4/c1-8(2)11(13(19)20)16-10(17)7-15-12(18)9-4-3-5-14-6-9/h3-6,8,11H,7H2,1-2H3,(H,15,18)(H,16,17)(H,19,20)/t11-/m0/s1. The molecule has 1 aromatic rings. The molecule has 3 N–H and O–H groups in total. The summed E-state index contributed by atoms with van der Waals surface area (Å²) in [6.07, 6.45) is 2.91. The van der Waals surface area contributed by atoms with Crippen LogP contribution in [0.5, 0.6) is 0 Å². The topological polar surface area (TPSA) is 108 Å². The molecule has 0 unspecified atom stereocenters. The lowest BCUT2D eigenvalue weighted by molar-refractivity contribution is -0.142. The average molecular weight is 279 g/mol. The number of nitrogens with zero attached hydrogens (tertiary/aromatic N) is 1. The molecule has 108 valence electrons. The van der Waals surface area contributed by atoms with Gasteiger partial charge in [0.1, 0.15) is 6.04 Å². The van der Waals surface area contributed by atoms with Crippen molar-refractivity contribution in [2.45, 2.75) is 19.9 Å². The molecule has 0 saturated heterocycles. The van der Waals surface area contributed by atoms with Crippen LogP contribution in [0.2, 0.25) is 0 Å². The van der Waals surface area contributed by atoms with Gasteiger partial charge in [-0.1, -0.05) is 13.8 Å². The Balaban J connectivity index is 2.47. The highest BCUT2D eigenvalue weighted by molar-refractivity contribution is 5.96. The monoisotopic (exact) mass is 279 g/mol. The van der Waals surface area contributed by atoms with E-state index in [-0.39, 0.29) is 12.5 Å². The average Bonchev–Trinajstić information content (AvgIpc) is 2.42. The van der Waals surface area contributed by atoms with E-state index in [0.717, 1.165) is 0 Å². The van der Waals surface area contributed by atoms with Crippen molar-refractivity contribution >= 4 is 17.8 Å². The minimum absolute atomic E-state index is 0.245. The van der Waals surface area contributed by atoms with E-state index in [9.17, 15) is 14.4 Å². The highest BCUT2D eigenvalue weighted by atomic mass is 16.4. The Morgan fingerprint density at radius 3 is 2.55 bits per heavy atom. The zero-order valence-electron chi connectivity index (χ0n) is 11.3. The van der Waals surface area contributed by atoms with Crippen LogP contribution >= 0.6 is 0 Å². The number of carbonyl (C=O) groups is 3. The van der Waals surface area contributed by atoms with Crippen LogP contribution in [-0.2, 0) is 9.59 Å². The number of aliphatic carboxylic acids is 1. The molecule has 0 aliphatic heterocycles. The van der Waals surface area contributed by atoms with E-state index in [0.29, 0.717) is 5.56 Å². The maximum Gasteiger partial charge on any atom is 0.326 e. The lowest BCUT2D eigenvalue weighted by atomic mass is 10.1. The Morgan fingerprint density at radius 1 is 1.35 bits per heavy atom. The molecule has 1 heterocycles. The third-order valence-corrected chi connectivity index (χ3v) is 2.58. The van der Waals surface area contributed by atoms with Gasteiger partial charge in [-0.2, -0.15) is 0 Å². The van der Waals surface area contributed by atoms with E-state index in [1.165, 1.54) is 12.4 Å². The van der Waals surface area contributed by atoms with Crippen molar-refractivity contribution in [3.8, 4) is 0 Å². The summed E-state index contributed by atoms with van der Waals surface area (Å²) in [6, 6.07) is 2.19. The Labute approximate surface area is 116 Å². The molecule has 1 atom stereocenters. The molecule has 1 aromatic heterocycles. The Hall–Kier alpha value is -2.44. The molecule has 0 aliphatic carbocycles. The fourth-order valence-electron chi connectivity index (χ4n) is 1.50. The molecular weight excluding hydrogens is 262 g/mol. The Kier molecular flexibility index (Phi) is 5.64. The van der Waals surface area contributed by atoms with Crippen molar-refractivity contribution in [1.29, 1.82) is 0 Å². The number of carboxylic acid groups (broad SMARTS) is 1. The molecule has 20 heavy (non-hydrogen) atoms. The molecule has 0 fully saturated rings. The number of carboxylic acids is 1. The van der Waals surface area contributed by atoms with Crippen LogP contribution in [0.4, 0.5) is 0 Å². The smallest absolute Gasteiger partial charge is 0.326 e. The van der Waals surface area contributed by atoms with Crippen molar-refractivity contribution < 1.29 is 19.5 Å². The van der Waals surface area contributed by atoms with Gasteiger partial charge in [0, 0.05) is 12.4 Å². The first kappa shape index (κ1) is 15.6. The molecule has 0 spiro atoms. The van der Waals surface area contributed by atoms with Gasteiger partial charge in [0.05, 0.1) is 12.1 Å². The van der Waals surface area contributed by atoms with Gasteiger partial charge in [-0.05, 0) is 18.1 Å². The van der Waals surface area contributed by atoms with Gasteiger partial charge < -0.3 is 15.7 Å². The molecule has 1 rings (SSSR count). The first-order valence-corrected chi connectivity index (χ1v) is 6.12. The van der Waals surface area contributed by atoms with Crippen molar-refractivity contribution in [2.24, 2.45) is 5.92 Å². The summed E-state index contributed by atoms with van der Waals surface area (Å²) < 4.78 is 0. The molecule has 0 bridgehead atoms. The van der Waals surface area contributed by atoms with Gasteiger partial charge in [-0.25, -0.2) is 4.79 Å². The summed E-state index contributed by atoms with van der Waals surface area (Å²) in [4.78, 5) is 38.0. The second kappa shape index (κ2) is 7.22. The Morgan fingerprint density at radius 2 is 2.05 bits per heavy atom. The lowest BCUT2D eigenvalue weighted by Gasteiger charge is -2.17. The summed E-state index contributed by atoms with van der Waals surface area (Å²) in [5.41, 5.74) is 0.332. The minimum atomic E-state index is -1.10. The van der Waals surface area contributed by atoms with E-state index in [2.05, 4.69) is 15.6 Å². The first-order valence-electron chi connectivity index (χ1n) is 6.12. The van der Waals surface area contributed by atoms with Crippen LogP contribution in [-0.4, -0.2) is 40.5 Å². The highest BCUT2D eigenvalue weighted by Crippen LogP contribution is 2.01. The SMILES string of the molecule is CC(C)[C@H](NC(=O)CNC(=O)c1cccnc1)C(=O)O. The number of pyridine rings is 1. The number of aromatic nitrogens is 1.